The third-order valence-electron chi connectivity index (χ3n) is 3.15. The Labute approximate surface area is 112 Å². The highest BCUT2D eigenvalue weighted by atomic mass is 16.5. The maximum absolute atomic E-state index is 11.9. The summed E-state index contributed by atoms with van der Waals surface area (Å²) in [5, 5.41) is 0. The van der Waals surface area contributed by atoms with Crippen LogP contribution in [-0.4, -0.2) is 55.6 Å². The van der Waals surface area contributed by atoms with Gasteiger partial charge in [0.25, 0.3) is 5.91 Å². The lowest BCUT2D eigenvalue weighted by Crippen LogP contribution is -2.51. The van der Waals surface area contributed by atoms with Crippen molar-refractivity contribution in [2.45, 2.75) is 25.8 Å². The van der Waals surface area contributed by atoms with Crippen LogP contribution in [0.15, 0.2) is 0 Å². The summed E-state index contributed by atoms with van der Waals surface area (Å²) in [7, 11) is 1.34. The van der Waals surface area contributed by atoms with Gasteiger partial charge in [0.1, 0.15) is 0 Å². The van der Waals surface area contributed by atoms with E-state index in [2.05, 4.69) is 4.74 Å². The van der Waals surface area contributed by atoms with Crippen molar-refractivity contribution in [1.82, 2.24) is 4.90 Å². The summed E-state index contributed by atoms with van der Waals surface area (Å²) in [6.07, 6.45) is 1.04. The summed E-state index contributed by atoms with van der Waals surface area (Å²) in [5.41, 5.74) is 5.54. The first-order valence-electron chi connectivity index (χ1n) is 6.30. The zero-order valence-electron chi connectivity index (χ0n) is 11.3. The highest BCUT2D eigenvalue weighted by molar-refractivity contribution is 6.01. The molecule has 19 heavy (non-hydrogen) atoms. The molecule has 7 heteroatoms. The highest BCUT2D eigenvalue weighted by Crippen LogP contribution is 2.18. The summed E-state index contributed by atoms with van der Waals surface area (Å²) in [4.78, 5) is 36.2. The van der Waals surface area contributed by atoms with E-state index in [-0.39, 0.29) is 18.5 Å². The fourth-order valence-corrected chi connectivity index (χ4v) is 2.03. The van der Waals surface area contributed by atoms with Crippen LogP contribution >= 0.6 is 0 Å². The second-order valence-electron chi connectivity index (χ2n) is 4.35. The predicted octanol–water partition coefficient (Wildman–Crippen LogP) is -0.712. The largest absolute Gasteiger partial charge is 0.469 e. The minimum atomic E-state index is -1.28. The highest BCUT2D eigenvalue weighted by Gasteiger charge is 2.33. The SMILES string of the molecule is CCOC(=O)C(N)C(=O)N1CCC(C(=O)OC)CC1. The quantitative estimate of drug-likeness (QED) is 0.536. The maximum Gasteiger partial charge on any atom is 0.332 e. The van der Waals surface area contributed by atoms with Crippen LogP contribution in [0.25, 0.3) is 0 Å². The van der Waals surface area contributed by atoms with Crippen LogP contribution < -0.4 is 5.73 Å². The summed E-state index contributed by atoms with van der Waals surface area (Å²) in [6.45, 7) is 2.62. The van der Waals surface area contributed by atoms with Crippen molar-refractivity contribution < 1.29 is 23.9 Å². The average molecular weight is 272 g/mol. The number of nitrogens with two attached hydrogens (primary N) is 1. The molecule has 0 aromatic rings. The molecule has 0 aliphatic carbocycles. The van der Waals surface area contributed by atoms with Crippen molar-refractivity contribution in [1.29, 1.82) is 0 Å². The molecule has 0 spiro atoms. The monoisotopic (exact) mass is 272 g/mol. The molecule has 0 saturated carbocycles. The van der Waals surface area contributed by atoms with Crippen LogP contribution in [0.1, 0.15) is 19.8 Å². The van der Waals surface area contributed by atoms with E-state index in [9.17, 15) is 14.4 Å². The fraction of sp³-hybridized carbons (Fsp3) is 0.750. The number of esters is 2. The number of methoxy groups -OCH3 is 1. The molecular formula is C12H20N2O5. The number of hydrogen-bond donors (Lipinski definition) is 1. The summed E-state index contributed by atoms with van der Waals surface area (Å²) < 4.78 is 9.37. The molecule has 2 N–H and O–H groups in total. The Hall–Kier alpha value is -1.63. The van der Waals surface area contributed by atoms with Gasteiger partial charge in [0, 0.05) is 13.1 Å². The number of rotatable bonds is 4. The zero-order chi connectivity index (χ0) is 14.4. The molecule has 108 valence electrons. The second kappa shape index (κ2) is 7.08. The summed E-state index contributed by atoms with van der Waals surface area (Å²) >= 11 is 0. The zero-order valence-corrected chi connectivity index (χ0v) is 11.3. The van der Waals surface area contributed by atoms with E-state index in [1.54, 1.807) is 6.92 Å². The Morgan fingerprint density at radius 3 is 2.37 bits per heavy atom. The van der Waals surface area contributed by atoms with Gasteiger partial charge in [0.15, 0.2) is 6.04 Å². The lowest BCUT2D eigenvalue weighted by molar-refractivity contribution is -0.154. The molecule has 1 amide bonds. The molecule has 0 bridgehead atoms. The van der Waals surface area contributed by atoms with Crippen LogP contribution in [0.4, 0.5) is 0 Å². The van der Waals surface area contributed by atoms with E-state index < -0.39 is 17.9 Å². The standard InChI is InChI=1S/C12H20N2O5/c1-3-19-12(17)9(13)10(15)14-6-4-8(5-7-14)11(16)18-2/h8-9H,3-7,13H2,1-2H3. The first-order chi connectivity index (χ1) is 9.01. The van der Waals surface area contributed by atoms with Crippen LogP contribution in [0.5, 0.6) is 0 Å². The van der Waals surface area contributed by atoms with Gasteiger partial charge in [-0.15, -0.1) is 0 Å². The van der Waals surface area contributed by atoms with Gasteiger partial charge in [0.2, 0.25) is 0 Å². The molecule has 1 atom stereocenters. The third-order valence-corrected chi connectivity index (χ3v) is 3.15. The number of carbonyl (C=O) groups excluding carboxylic acids is 3. The van der Waals surface area contributed by atoms with Crippen molar-refractivity contribution in [2.75, 3.05) is 26.8 Å². The molecule has 1 aliphatic rings. The lowest BCUT2D eigenvalue weighted by Gasteiger charge is -2.31. The van der Waals surface area contributed by atoms with Crippen LogP contribution in [0.2, 0.25) is 0 Å². The third kappa shape index (κ3) is 3.92. The number of carbonyl (C=O) groups is 3. The van der Waals surface area contributed by atoms with Crippen LogP contribution in [-0.2, 0) is 23.9 Å². The van der Waals surface area contributed by atoms with Gasteiger partial charge < -0.3 is 20.1 Å². The maximum atomic E-state index is 11.9. The van der Waals surface area contributed by atoms with Crippen LogP contribution in [0.3, 0.4) is 0 Å². The molecular weight excluding hydrogens is 252 g/mol. The first kappa shape index (κ1) is 15.4. The lowest BCUT2D eigenvalue weighted by atomic mass is 9.96. The van der Waals surface area contributed by atoms with E-state index in [0.29, 0.717) is 25.9 Å². The minimum absolute atomic E-state index is 0.185. The van der Waals surface area contributed by atoms with Gasteiger partial charge in [-0.2, -0.15) is 0 Å². The van der Waals surface area contributed by atoms with E-state index in [0.717, 1.165) is 0 Å². The number of likely N-dealkylation sites (tertiary alicyclic amines) is 1. The molecule has 1 saturated heterocycles. The summed E-state index contributed by atoms with van der Waals surface area (Å²) in [5.74, 6) is -1.63. The molecule has 0 aromatic heterocycles. The normalized spacial score (nSPS) is 17.7. The Bertz CT molecular complexity index is 350. The molecule has 1 unspecified atom stereocenters. The van der Waals surface area contributed by atoms with Gasteiger partial charge in [-0.3, -0.25) is 9.59 Å². The van der Waals surface area contributed by atoms with Gasteiger partial charge >= 0.3 is 11.9 Å². The Morgan fingerprint density at radius 2 is 1.89 bits per heavy atom. The molecule has 0 radical (unpaired) electrons. The second-order valence-corrected chi connectivity index (χ2v) is 4.35. The van der Waals surface area contributed by atoms with Crippen molar-refractivity contribution in [3.8, 4) is 0 Å². The van der Waals surface area contributed by atoms with E-state index in [1.807, 2.05) is 0 Å². The van der Waals surface area contributed by atoms with Crippen molar-refractivity contribution in [2.24, 2.45) is 11.7 Å². The average Bonchev–Trinajstić information content (AvgIpc) is 2.45. The van der Waals surface area contributed by atoms with E-state index >= 15 is 0 Å². The Balaban J connectivity index is 2.48. The number of nitrogens with zero attached hydrogens (tertiary/aromatic N) is 1. The molecule has 0 aromatic carbocycles. The smallest absolute Gasteiger partial charge is 0.332 e. The topological polar surface area (TPSA) is 98.9 Å². The number of piperidine rings is 1. The van der Waals surface area contributed by atoms with Crippen molar-refractivity contribution in [3.05, 3.63) is 0 Å². The molecule has 1 rings (SSSR count). The predicted molar refractivity (Wildman–Crippen MR) is 65.9 cm³/mol. The van der Waals surface area contributed by atoms with Gasteiger partial charge in [-0.1, -0.05) is 0 Å². The first-order valence-corrected chi connectivity index (χ1v) is 6.30. The number of hydrogen-bond acceptors (Lipinski definition) is 6. The number of ether oxygens (including phenoxy) is 2. The van der Waals surface area contributed by atoms with Gasteiger partial charge in [-0.05, 0) is 19.8 Å². The molecule has 1 fully saturated rings. The fourth-order valence-electron chi connectivity index (χ4n) is 2.03. The van der Waals surface area contributed by atoms with E-state index in [4.69, 9.17) is 10.5 Å². The van der Waals surface area contributed by atoms with Gasteiger partial charge in [-0.25, -0.2) is 4.79 Å². The molecule has 1 heterocycles. The molecule has 7 nitrogen and oxygen atoms in total. The van der Waals surface area contributed by atoms with E-state index in [1.165, 1.54) is 12.0 Å². The Morgan fingerprint density at radius 1 is 1.32 bits per heavy atom. The van der Waals surface area contributed by atoms with Crippen LogP contribution in [0, 0.1) is 5.92 Å². The summed E-state index contributed by atoms with van der Waals surface area (Å²) in [6, 6.07) is -1.28. The molecule has 1 aliphatic heterocycles. The van der Waals surface area contributed by atoms with Crippen molar-refractivity contribution >= 4 is 17.8 Å². The Kier molecular flexibility index (Phi) is 5.75. The van der Waals surface area contributed by atoms with Crippen molar-refractivity contribution in [3.63, 3.8) is 0 Å². The van der Waals surface area contributed by atoms with Gasteiger partial charge in [0.05, 0.1) is 19.6 Å². The number of amides is 1. The minimum Gasteiger partial charge on any atom is -0.469 e.